The summed E-state index contributed by atoms with van der Waals surface area (Å²) < 4.78 is 0. The fraction of sp³-hybridized carbons (Fsp3) is 0. The van der Waals surface area contributed by atoms with Gasteiger partial charge in [0.05, 0.1) is 17.7 Å². The quantitative estimate of drug-likeness (QED) is 0.258. The number of pyridine rings is 3. The number of nitrogens with zero attached hydrogens (tertiary/aromatic N) is 4. The standard InChI is InChI=1S/C27H19N7O/c1-28-22-7-8-24-23(16-22)25(12-15-30-24)34-26-9-2-18(17-31-26)27(35)33-20-5-3-19(4-6-20)32-21-10-13-29-14-11-21/h2-17H,(H,29,32)(H,33,35)(H,30,31,34). The Kier molecular flexibility index (Phi) is 5.96. The summed E-state index contributed by atoms with van der Waals surface area (Å²) in [6.45, 7) is 7.24. The number of carbonyl (C=O) groups excluding carboxylic acids is 1. The monoisotopic (exact) mass is 457 g/mol. The molecule has 3 aromatic heterocycles. The number of benzene rings is 2. The van der Waals surface area contributed by atoms with Crippen molar-refractivity contribution >= 4 is 51.1 Å². The summed E-state index contributed by atoms with van der Waals surface area (Å²) in [5.41, 5.74) is 5.04. The third-order valence-corrected chi connectivity index (χ3v) is 5.25. The van der Waals surface area contributed by atoms with Gasteiger partial charge in [0.15, 0.2) is 5.69 Å². The molecule has 0 spiro atoms. The van der Waals surface area contributed by atoms with Crippen molar-refractivity contribution in [3.8, 4) is 0 Å². The van der Waals surface area contributed by atoms with Gasteiger partial charge in [0.2, 0.25) is 0 Å². The molecule has 0 saturated heterocycles. The molecule has 0 fully saturated rings. The van der Waals surface area contributed by atoms with Gasteiger partial charge in [-0.2, -0.15) is 0 Å². The van der Waals surface area contributed by atoms with Crippen LogP contribution in [0.25, 0.3) is 15.7 Å². The van der Waals surface area contributed by atoms with Crippen molar-refractivity contribution < 1.29 is 4.79 Å². The molecule has 168 valence electrons. The molecule has 0 aliphatic heterocycles. The summed E-state index contributed by atoms with van der Waals surface area (Å²) in [5.74, 6) is 0.323. The number of amides is 1. The van der Waals surface area contributed by atoms with Gasteiger partial charge in [-0.3, -0.25) is 14.8 Å². The molecule has 1 amide bonds. The van der Waals surface area contributed by atoms with E-state index < -0.39 is 0 Å². The zero-order valence-corrected chi connectivity index (χ0v) is 18.4. The fourth-order valence-corrected chi connectivity index (χ4v) is 3.49. The van der Waals surface area contributed by atoms with E-state index in [0.717, 1.165) is 28.0 Å². The van der Waals surface area contributed by atoms with Crippen molar-refractivity contribution in [3.05, 3.63) is 115 Å². The van der Waals surface area contributed by atoms with Crippen LogP contribution >= 0.6 is 0 Å². The first kappa shape index (κ1) is 21.6. The highest BCUT2D eigenvalue weighted by atomic mass is 16.1. The fourth-order valence-electron chi connectivity index (χ4n) is 3.49. The van der Waals surface area contributed by atoms with Gasteiger partial charge < -0.3 is 16.0 Å². The highest BCUT2D eigenvalue weighted by Gasteiger charge is 2.09. The highest BCUT2D eigenvalue weighted by Crippen LogP contribution is 2.28. The van der Waals surface area contributed by atoms with E-state index in [2.05, 4.69) is 35.7 Å². The SMILES string of the molecule is [C-]#[N+]c1ccc2nccc(Nc3ccc(C(=O)Nc4ccc(Nc5ccncc5)cc4)cn3)c2c1. The van der Waals surface area contributed by atoms with Crippen molar-refractivity contribution in [1.82, 2.24) is 15.0 Å². The minimum atomic E-state index is -0.255. The van der Waals surface area contributed by atoms with Gasteiger partial charge in [0.25, 0.3) is 5.91 Å². The normalized spacial score (nSPS) is 10.4. The van der Waals surface area contributed by atoms with E-state index in [4.69, 9.17) is 6.57 Å². The smallest absolute Gasteiger partial charge is 0.257 e. The third kappa shape index (κ3) is 5.05. The molecule has 0 unspecified atom stereocenters. The molecule has 0 bridgehead atoms. The van der Waals surface area contributed by atoms with Crippen LogP contribution in [-0.4, -0.2) is 20.9 Å². The number of fused-ring (bicyclic) bond motifs is 1. The Labute approximate surface area is 201 Å². The summed E-state index contributed by atoms with van der Waals surface area (Å²) in [6, 6.07) is 21.8. The maximum atomic E-state index is 12.7. The average Bonchev–Trinajstić information content (AvgIpc) is 2.91. The van der Waals surface area contributed by atoms with Gasteiger partial charge in [-0.25, -0.2) is 9.83 Å². The second-order valence-electron chi connectivity index (χ2n) is 7.62. The molecular formula is C27H19N7O. The van der Waals surface area contributed by atoms with Crippen LogP contribution in [0.5, 0.6) is 0 Å². The Bertz CT molecular complexity index is 1530. The second kappa shape index (κ2) is 9.68. The van der Waals surface area contributed by atoms with Crippen LogP contribution in [0.3, 0.4) is 0 Å². The minimum Gasteiger partial charge on any atom is -0.355 e. The van der Waals surface area contributed by atoms with E-state index in [1.807, 2.05) is 48.5 Å². The molecule has 8 nitrogen and oxygen atoms in total. The molecule has 5 aromatic rings. The Morgan fingerprint density at radius 1 is 0.771 bits per heavy atom. The minimum absolute atomic E-state index is 0.255. The molecule has 0 aliphatic carbocycles. The van der Waals surface area contributed by atoms with Gasteiger partial charge in [-0.05, 0) is 66.7 Å². The van der Waals surface area contributed by atoms with E-state index >= 15 is 0 Å². The molecule has 0 atom stereocenters. The van der Waals surface area contributed by atoms with Gasteiger partial charge >= 0.3 is 0 Å². The first-order chi connectivity index (χ1) is 17.2. The van der Waals surface area contributed by atoms with Gasteiger partial charge in [-0.1, -0.05) is 6.07 Å². The largest absolute Gasteiger partial charge is 0.355 e. The molecule has 0 aliphatic rings. The van der Waals surface area contributed by atoms with E-state index in [1.54, 1.807) is 42.9 Å². The van der Waals surface area contributed by atoms with E-state index in [9.17, 15) is 4.79 Å². The molecule has 3 N–H and O–H groups in total. The van der Waals surface area contributed by atoms with E-state index in [0.29, 0.717) is 22.8 Å². The number of nitrogens with one attached hydrogen (secondary N) is 3. The number of rotatable bonds is 6. The number of carbonyl (C=O) groups is 1. The third-order valence-electron chi connectivity index (χ3n) is 5.25. The predicted molar refractivity (Wildman–Crippen MR) is 137 cm³/mol. The van der Waals surface area contributed by atoms with Gasteiger partial charge in [-0.15, -0.1) is 0 Å². The summed E-state index contributed by atoms with van der Waals surface area (Å²) in [7, 11) is 0. The highest BCUT2D eigenvalue weighted by molar-refractivity contribution is 6.04. The van der Waals surface area contributed by atoms with Crippen LogP contribution < -0.4 is 16.0 Å². The Morgan fingerprint density at radius 3 is 2.29 bits per heavy atom. The van der Waals surface area contributed by atoms with Crippen LogP contribution in [0, 0.1) is 6.57 Å². The molecule has 0 saturated carbocycles. The molecule has 3 heterocycles. The molecule has 8 heteroatoms. The van der Waals surface area contributed by atoms with Crippen molar-refractivity contribution in [3.63, 3.8) is 0 Å². The Morgan fingerprint density at radius 2 is 1.54 bits per heavy atom. The van der Waals surface area contributed by atoms with Crippen LogP contribution in [0.1, 0.15) is 10.4 Å². The van der Waals surface area contributed by atoms with Crippen molar-refractivity contribution in [2.45, 2.75) is 0 Å². The summed E-state index contributed by atoms with van der Waals surface area (Å²) in [4.78, 5) is 28.9. The Balaban J connectivity index is 1.25. The molecular weight excluding hydrogens is 438 g/mol. The number of hydrogen-bond donors (Lipinski definition) is 3. The predicted octanol–water partition coefficient (Wildman–Crippen LogP) is 6.32. The van der Waals surface area contributed by atoms with Crippen LogP contribution in [0.15, 0.2) is 97.6 Å². The lowest BCUT2D eigenvalue weighted by molar-refractivity contribution is 0.102. The zero-order chi connectivity index (χ0) is 24.0. The number of aromatic nitrogens is 3. The summed E-state index contributed by atoms with van der Waals surface area (Å²) in [5, 5.41) is 10.2. The van der Waals surface area contributed by atoms with Crippen LogP contribution in [0.4, 0.5) is 34.3 Å². The van der Waals surface area contributed by atoms with Gasteiger partial charge in [0, 0.05) is 52.9 Å². The maximum absolute atomic E-state index is 12.7. The molecule has 5 rings (SSSR count). The summed E-state index contributed by atoms with van der Waals surface area (Å²) in [6.07, 6.45) is 6.65. The van der Waals surface area contributed by atoms with Gasteiger partial charge in [0.1, 0.15) is 5.82 Å². The molecule has 35 heavy (non-hydrogen) atoms. The van der Waals surface area contributed by atoms with Crippen molar-refractivity contribution in [2.75, 3.05) is 16.0 Å². The van der Waals surface area contributed by atoms with Crippen LogP contribution in [-0.2, 0) is 0 Å². The zero-order valence-electron chi connectivity index (χ0n) is 18.4. The van der Waals surface area contributed by atoms with E-state index in [1.165, 1.54) is 6.20 Å². The second-order valence-corrected chi connectivity index (χ2v) is 7.62. The van der Waals surface area contributed by atoms with Crippen molar-refractivity contribution in [2.24, 2.45) is 0 Å². The lowest BCUT2D eigenvalue weighted by atomic mass is 10.1. The lowest BCUT2D eigenvalue weighted by Gasteiger charge is -2.10. The topological polar surface area (TPSA) is 96.2 Å². The average molecular weight is 457 g/mol. The Hall–Kier alpha value is -5.29. The first-order valence-electron chi connectivity index (χ1n) is 10.8. The number of hydrogen-bond acceptors (Lipinski definition) is 6. The molecule has 0 radical (unpaired) electrons. The van der Waals surface area contributed by atoms with Crippen LogP contribution in [0.2, 0.25) is 0 Å². The lowest BCUT2D eigenvalue weighted by Crippen LogP contribution is -2.12. The number of anilines is 5. The van der Waals surface area contributed by atoms with Crippen molar-refractivity contribution in [1.29, 1.82) is 0 Å². The first-order valence-corrected chi connectivity index (χ1v) is 10.8. The van der Waals surface area contributed by atoms with E-state index in [-0.39, 0.29) is 5.91 Å². The maximum Gasteiger partial charge on any atom is 0.257 e. The summed E-state index contributed by atoms with van der Waals surface area (Å²) >= 11 is 0. The molecule has 2 aromatic carbocycles.